The number of rotatable bonds is 4. The molecular weight excluding hydrogens is 244 g/mol. The monoisotopic (exact) mass is 278 g/mol. The van der Waals surface area contributed by atoms with Crippen LogP contribution in [0.5, 0.6) is 0 Å². The summed E-state index contributed by atoms with van der Waals surface area (Å²) < 4.78 is 0. The van der Waals surface area contributed by atoms with Gasteiger partial charge in [0.2, 0.25) is 0 Å². The van der Waals surface area contributed by atoms with E-state index in [0.29, 0.717) is 5.54 Å². The van der Waals surface area contributed by atoms with Crippen LogP contribution in [0.15, 0.2) is 0 Å². The summed E-state index contributed by atoms with van der Waals surface area (Å²) in [6, 6.07) is 0.965. The third kappa shape index (κ3) is 2.54. The molecule has 5 aliphatic rings. The van der Waals surface area contributed by atoms with E-state index in [-0.39, 0.29) is 0 Å². The molecule has 0 aromatic rings. The molecule has 5 fully saturated rings. The standard InChI is InChI=1S/C18H32N2/c1-2-5-20-6-3-17(4-7-20)19-18-11-14-8-15(12-18)10-16(9-14)13-18/h14-17,19H,2-13H2,1H3/p+2. The summed E-state index contributed by atoms with van der Waals surface area (Å²) in [7, 11) is 0. The van der Waals surface area contributed by atoms with Crippen molar-refractivity contribution in [1.82, 2.24) is 0 Å². The normalized spacial score (nSPS) is 50.5. The molecule has 1 saturated heterocycles. The van der Waals surface area contributed by atoms with Crippen molar-refractivity contribution in [2.45, 2.75) is 76.3 Å². The van der Waals surface area contributed by atoms with Crippen LogP contribution >= 0.6 is 0 Å². The summed E-state index contributed by atoms with van der Waals surface area (Å²) in [4.78, 5) is 1.88. The summed E-state index contributed by atoms with van der Waals surface area (Å²) in [5, 5.41) is 2.92. The van der Waals surface area contributed by atoms with Gasteiger partial charge in [0, 0.05) is 32.1 Å². The number of quaternary nitrogens is 2. The smallest absolute Gasteiger partial charge is 0.0971 e. The molecule has 3 N–H and O–H groups in total. The van der Waals surface area contributed by atoms with Gasteiger partial charge in [-0.25, -0.2) is 0 Å². The van der Waals surface area contributed by atoms with Gasteiger partial charge in [-0.1, -0.05) is 6.92 Å². The summed E-state index contributed by atoms with van der Waals surface area (Å²) in [5.74, 6) is 3.34. The Kier molecular flexibility index (Phi) is 3.58. The lowest BCUT2D eigenvalue weighted by Gasteiger charge is -2.55. The summed E-state index contributed by atoms with van der Waals surface area (Å²) in [5.41, 5.74) is 0.710. The molecule has 0 unspecified atom stereocenters. The first kappa shape index (κ1) is 13.6. The minimum absolute atomic E-state index is 0.710. The molecule has 4 bridgehead atoms. The van der Waals surface area contributed by atoms with Crippen molar-refractivity contribution in [3.63, 3.8) is 0 Å². The van der Waals surface area contributed by atoms with Gasteiger partial charge in [-0.15, -0.1) is 0 Å². The van der Waals surface area contributed by atoms with Crippen LogP contribution < -0.4 is 10.2 Å². The first-order valence-corrected chi connectivity index (χ1v) is 9.44. The topological polar surface area (TPSA) is 21.1 Å². The minimum Gasteiger partial charge on any atom is -0.339 e. The van der Waals surface area contributed by atoms with Crippen molar-refractivity contribution in [1.29, 1.82) is 0 Å². The maximum atomic E-state index is 2.92. The van der Waals surface area contributed by atoms with E-state index in [2.05, 4.69) is 12.2 Å². The molecule has 5 rings (SSSR count). The van der Waals surface area contributed by atoms with Crippen molar-refractivity contribution in [2.24, 2.45) is 17.8 Å². The maximum absolute atomic E-state index is 2.92. The highest BCUT2D eigenvalue weighted by Gasteiger charge is 2.54. The average molecular weight is 278 g/mol. The van der Waals surface area contributed by atoms with Gasteiger partial charge in [-0.05, 0) is 43.4 Å². The second-order valence-corrected chi connectivity index (χ2v) is 8.78. The molecule has 114 valence electrons. The minimum atomic E-state index is 0.710. The fraction of sp³-hybridized carbons (Fsp3) is 1.00. The highest BCUT2D eigenvalue weighted by Crippen LogP contribution is 2.54. The lowest BCUT2D eigenvalue weighted by Crippen LogP contribution is -3.15. The number of piperidine rings is 1. The molecule has 1 aliphatic heterocycles. The molecule has 0 spiro atoms. The van der Waals surface area contributed by atoms with E-state index in [1.807, 2.05) is 4.90 Å². The largest absolute Gasteiger partial charge is 0.339 e. The van der Waals surface area contributed by atoms with E-state index >= 15 is 0 Å². The number of hydrogen-bond acceptors (Lipinski definition) is 0. The van der Waals surface area contributed by atoms with E-state index in [0.717, 1.165) is 23.8 Å². The van der Waals surface area contributed by atoms with E-state index in [1.165, 1.54) is 38.9 Å². The van der Waals surface area contributed by atoms with Gasteiger partial charge in [0.25, 0.3) is 0 Å². The van der Waals surface area contributed by atoms with Gasteiger partial charge < -0.3 is 10.2 Å². The van der Waals surface area contributed by atoms with Crippen LogP contribution in [0.25, 0.3) is 0 Å². The van der Waals surface area contributed by atoms with Crippen molar-refractivity contribution in [3.8, 4) is 0 Å². The van der Waals surface area contributed by atoms with Crippen LogP contribution in [0, 0.1) is 17.8 Å². The molecule has 1 heterocycles. The Morgan fingerprint density at radius 2 is 1.50 bits per heavy atom. The highest BCUT2D eigenvalue weighted by atomic mass is 15.1. The third-order valence-corrected chi connectivity index (χ3v) is 7.02. The zero-order valence-corrected chi connectivity index (χ0v) is 13.4. The Labute approximate surface area is 124 Å². The zero-order valence-electron chi connectivity index (χ0n) is 13.4. The second-order valence-electron chi connectivity index (χ2n) is 8.78. The van der Waals surface area contributed by atoms with Crippen molar-refractivity contribution < 1.29 is 10.2 Å². The summed E-state index contributed by atoms with van der Waals surface area (Å²) >= 11 is 0. The Morgan fingerprint density at radius 1 is 0.950 bits per heavy atom. The quantitative estimate of drug-likeness (QED) is 0.765. The number of nitrogens with two attached hydrogens (primary N) is 1. The predicted molar refractivity (Wildman–Crippen MR) is 81.7 cm³/mol. The fourth-order valence-electron chi connectivity index (χ4n) is 6.70. The summed E-state index contributed by atoms with van der Waals surface area (Å²) in [6.45, 7) is 6.63. The number of nitrogens with one attached hydrogen (secondary N) is 1. The molecule has 0 aromatic heterocycles. The zero-order chi connectivity index (χ0) is 13.6. The Hall–Kier alpha value is -0.0800. The van der Waals surface area contributed by atoms with Gasteiger partial charge in [0.05, 0.1) is 31.2 Å². The Balaban J connectivity index is 1.35. The summed E-state index contributed by atoms with van der Waals surface area (Å²) in [6.07, 6.45) is 13.8. The van der Waals surface area contributed by atoms with Gasteiger partial charge in [0.15, 0.2) is 0 Å². The Bertz CT molecular complexity index is 308. The van der Waals surface area contributed by atoms with E-state index in [9.17, 15) is 0 Å². The molecule has 0 amide bonds. The number of likely N-dealkylation sites (tertiary alicyclic amines) is 1. The molecule has 4 aliphatic carbocycles. The van der Waals surface area contributed by atoms with Crippen LogP contribution in [0.1, 0.15) is 64.7 Å². The SMILES string of the molecule is CCC[NH+]1CCC([NH2+]C23CC4CC(CC(C4)C2)C3)CC1. The van der Waals surface area contributed by atoms with Crippen LogP contribution in [0.2, 0.25) is 0 Å². The molecule has 0 aromatic carbocycles. The van der Waals surface area contributed by atoms with Gasteiger partial charge in [-0.2, -0.15) is 0 Å². The molecule has 0 radical (unpaired) electrons. The molecular formula is C18H34N2+2. The van der Waals surface area contributed by atoms with Crippen LogP contribution in [-0.2, 0) is 0 Å². The second kappa shape index (κ2) is 5.28. The van der Waals surface area contributed by atoms with Gasteiger partial charge in [0.1, 0.15) is 0 Å². The predicted octanol–water partition coefficient (Wildman–Crippen LogP) is 0.976. The highest BCUT2D eigenvalue weighted by molar-refractivity contribution is 5.01. The average Bonchev–Trinajstić information content (AvgIpc) is 2.39. The van der Waals surface area contributed by atoms with E-state index in [1.54, 1.807) is 38.5 Å². The fourth-order valence-corrected chi connectivity index (χ4v) is 6.70. The maximum Gasteiger partial charge on any atom is 0.0971 e. The first-order chi connectivity index (χ1) is 9.75. The molecule has 0 atom stereocenters. The third-order valence-electron chi connectivity index (χ3n) is 7.02. The molecule has 2 heteroatoms. The van der Waals surface area contributed by atoms with E-state index in [4.69, 9.17) is 0 Å². The molecule has 20 heavy (non-hydrogen) atoms. The van der Waals surface area contributed by atoms with Gasteiger partial charge in [-0.3, -0.25) is 0 Å². The lowest BCUT2D eigenvalue weighted by molar-refractivity contribution is -0.916. The van der Waals surface area contributed by atoms with Crippen LogP contribution in [-0.4, -0.2) is 31.2 Å². The van der Waals surface area contributed by atoms with Crippen molar-refractivity contribution in [3.05, 3.63) is 0 Å². The first-order valence-electron chi connectivity index (χ1n) is 9.44. The molecule has 4 saturated carbocycles. The van der Waals surface area contributed by atoms with Crippen molar-refractivity contribution >= 4 is 0 Å². The van der Waals surface area contributed by atoms with Crippen LogP contribution in [0.3, 0.4) is 0 Å². The van der Waals surface area contributed by atoms with Crippen molar-refractivity contribution in [2.75, 3.05) is 19.6 Å². The lowest BCUT2D eigenvalue weighted by atomic mass is 9.53. The van der Waals surface area contributed by atoms with E-state index < -0.39 is 0 Å². The van der Waals surface area contributed by atoms with Crippen LogP contribution in [0.4, 0.5) is 0 Å². The number of hydrogen-bond donors (Lipinski definition) is 2. The Morgan fingerprint density at radius 3 is 2.00 bits per heavy atom. The molecule has 2 nitrogen and oxygen atoms in total. The van der Waals surface area contributed by atoms with Gasteiger partial charge >= 0.3 is 0 Å².